The van der Waals surface area contributed by atoms with Gasteiger partial charge in [0.1, 0.15) is 17.7 Å². The molecule has 0 saturated carbocycles. The highest BCUT2D eigenvalue weighted by molar-refractivity contribution is 8.93. The van der Waals surface area contributed by atoms with Crippen molar-refractivity contribution in [2.75, 3.05) is 11.5 Å². The number of hydrogen-bond donors (Lipinski definition) is 1. The average Bonchev–Trinajstić information content (AvgIpc) is 2.39. The molecule has 22 heavy (non-hydrogen) atoms. The van der Waals surface area contributed by atoms with Crippen molar-refractivity contribution in [1.82, 2.24) is 0 Å². The summed E-state index contributed by atoms with van der Waals surface area (Å²) in [6.07, 6.45) is 3.20. The highest BCUT2D eigenvalue weighted by Crippen LogP contribution is 2.12. The first kappa shape index (κ1) is 20.8. The van der Waals surface area contributed by atoms with Gasteiger partial charge in [0.25, 0.3) is 0 Å². The Labute approximate surface area is 150 Å². The van der Waals surface area contributed by atoms with E-state index in [9.17, 15) is 13.2 Å². The molecule has 1 heterocycles. The fraction of sp³-hybridized carbons (Fsp3) is 0.143. The summed E-state index contributed by atoms with van der Waals surface area (Å²) < 4.78 is 26.0. The van der Waals surface area contributed by atoms with Crippen LogP contribution in [-0.4, -0.2) is 20.0 Å². The monoisotopic (exact) mass is 450 g/mol. The van der Waals surface area contributed by atoms with Gasteiger partial charge in [-0.3, -0.25) is 4.79 Å². The van der Waals surface area contributed by atoms with E-state index >= 15 is 0 Å². The topological polar surface area (TPSA) is 81.1 Å². The van der Waals surface area contributed by atoms with Crippen LogP contribution < -0.4 is 27.3 Å². The number of aryl methyl sites for hydroxylation is 1. The van der Waals surface area contributed by atoms with E-state index in [4.69, 9.17) is 5.73 Å². The van der Waals surface area contributed by atoms with Crippen molar-refractivity contribution in [3.63, 3.8) is 0 Å². The smallest absolute Gasteiger partial charge is 0.191 e. The van der Waals surface area contributed by atoms with Gasteiger partial charge in [-0.25, -0.2) is 13.0 Å². The van der Waals surface area contributed by atoms with Gasteiger partial charge in [0, 0.05) is 17.3 Å². The minimum absolute atomic E-state index is 0. The van der Waals surface area contributed by atoms with E-state index in [1.807, 2.05) is 0 Å². The summed E-state index contributed by atoms with van der Waals surface area (Å²) in [6.45, 7) is 0. The zero-order valence-corrected chi connectivity index (χ0v) is 15.9. The Morgan fingerprint density at radius 2 is 1.77 bits per heavy atom. The number of benzene rings is 1. The molecule has 0 unspecified atom stereocenters. The summed E-state index contributed by atoms with van der Waals surface area (Å²) >= 11 is 0. The number of anilines is 1. The molecule has 0 aliphatic heterocycles. The van der Waals surface area contributed by atoms with Crippen molar-refractivity contribution in [2.24, 2.45) is 7.05 Å². The van der Waals surface area contributed by atoms with Crippen molar-refractivity contribution in [3.8, 4) is 0 Å². The van der Waals surface area contributed by atoms with Gasteiger partial charge in [-0.15, -0.1) is 17.0 Å². The second-order valence-corrected chi connectivity index (χ2v) is 6.50. The largest absolute Gasteiger partial charge is 1.00 e. The Morgan fingerprint density at radius 1 is 1.18 bits per heavy atom. The predicted molar refractivity (Wildman–Crippen MR) is 85.2 cm³/mol. The highest BCUT2D eigenvalue weighted by Gasteiger charge is 2.22. The van der Waals surface area contributed by atoms with Crippen LogP contribution in [0.3, 0.4) is 0 Å². The van der Waals surface area contributed by atoms with E-state index in [2.05, 4.69) is 0 Å². The molecule has 5 nitrogen and oxygen atoms in total. The van der Waals surface area contributed by atoms with Crippen LogP contribution in [0.15, 0.2) is 53.7 Å². The van der Waals surface area contributed by atoms with E-state index in [0.29, 0.717) is 11.3 Å². The number of Topliss-reactive ketones (excluding diaryl/α,β-unsaturated/α-hetero) is 1. The average molecular weight is 452 g/mol. The third-order valence-corrected chi connectivity index (χ3v) is 4.43. The zero-order valence-electron chi connectivity index (χ0n) is 11.8. The lowest BCUT2D eigenvalue weighted by molar-refractivity contribution is -0.673. The van der Waals surface area contributed by atoms with E-state index in [0.717, 1.165) is 0 Å². The lowest BCUT2D eigenvalue weighted by Crippen LogP contribution is -3.00. The van der Waals surface area contributed by atoms with Crippen LogP contribution in [0, 0.1) is 0 Å². The van der Waals surface area contributed by atoms with Crippen LogP contribution in [0.1, 0.15) is 10.4 Å². The number of carbonyl (C=O) groups is 1. The number of nitrogens with two attached hydrogens (primary N) is 1. The normalized spacial score (nSPS) is 10.2. The summed E-state index contributed by atoms with van der Waals surface area (Å²) in [5.41, 5.74) is 6.39. The Bertz CT molecular complexity index is 747. The van der Waals surface area contributed by atoms with E-state index in [-0.39, 0.29) is 38.9 Å². The first-order valence-electron chi connectivity index (χ1n) is 5.95. The Hall–Kier alpha value is -1.25. The van der Waals surface area contributed by atoms with Crippen molar-refractivity contribution < 1.29 is 34.8 Å². The maximum absolute atomic E-state index is 12.2. The number of hydrogen-bond acceptors (Lipinski definition) is 4. The number of sulfone groups is 1. The standard InChI is InChI=1S/C14H14N2O3S.2BrH/c1-16-8-2-3-13(9-16)20(18,19)10-14(17)11-4-6-12(15)7-5-11;;/h2-9H,10H2,1H3,(H-,15,17);2*1H. The van der Waals surface area contributed by atoms with Gasteiger partial charge in [-0.05, 0) is 30.3 Å². The number of halogens is 2. The minimum atomic E-state index is -3.64. The fourth-order valence-corrected chi connectivity index (χ4v) is 3.04. The molecule has 1 aromatic heterocycles. The number of rotatable bonds is 4. The molecule has 2 N–H and O–H groups in total. The second kappa shape index (κ2) is 8.40. The molecule has 0 aliphatic rings. The molecule has 8 heteroatoms. The third kappa shape index (κ3) is 5.19. The summed E-state index contributed by atoms with van der Waals surface area (Å²) in [5, 5.41) is 0. The molecule has 120 valence electrons. The predicted octanol–water partition coefficient (Wildman–Crippen LogP) is -1.67. The minimum Gasteiger partial charge on any atom is -1.00 e. The number of ketones is 1. The first-order chi connectivity index (χ1) is 9.38. The number of pyridine rings is 1. The van der Waals surface area contributed by atoms with E-state index in [1.165, 1.54) is 24.4 Å². The van der Waals surface area contributed by atoms with Crippen LogP contribution in [-0.2, 0) is 16.9 Å². The number of nitrogen functional groups attached to an aromatic ring is 1. The van der Waals surface area contributed by atoms with Gasteiger partial charge >= 0.3 is 0 Å². The van der Waals surface area contributed by atoms with Gasteiger partial charge in [0.2, 0.25) is 0 Å². The van der Waals surface area contributed by atoms with Crippen LogP contribution >= 0.6 is 17.0 Å². The van der Waals surface area contributed by atoms with Crippen LogP contribution in [0.4, 0.5) is 5.69 Å². The van der Waals surface area contributed by atoms with Gasteiger partial charge in [-0.1, -0.05) is 0 Å². The quantitative estimate of drug-likeness (QED) is 0.342. The molecule has 0 aliphatic carbocycles. The molecular weight excluding hydrogens is 436 g/mol. The second-order valence-electron chi connectivity index (χ2n) is 4.51. The van der Waals surface area contributed by atoms with Crippen molar-refractivity contribution >= 4 is 38.3 Å². The zero-order chi connectivity index (χ0) is 14.8. The van der Waals surface area contributed by atoms with E-state index in [1.54, 1.807) is 36.0 Å². The summed E-state index contributed by atoms with van der Waals surface area (Å²) in [7, 11) is -1.92. The summed E-state index contributed by atoms with van der Waals surface area (Å²) in [5.74, 6) is -1.00. The van der Waals surface area contributed by atoms with Crippen molar-refractivity contribution in [1.29, 1.82) is 0 Å². The summed E-state index contributed by atoms with van der Waals surface area (Å²) in [6, 6.07) is 9.30. The Balaban J connectivity index is 0.00000220. The third-order valence-electron chi connectivity index (χ3n) is 2.83. The van der Waals surface area contributed by atoms with Gasteiger partial charge in [0.05, 0.1) is 0 Å². The summed E-state index contributed by atoms with van der Waals surface area (Å²) in [4.78, 5) is 12.1. The van der Waals surface area contributed by atoms with E-state index < -0.39 is 21.4 Å². The molecule has 2 aromatic rings. The Morgan fingerprint density at radius 3 is 2.32 bits per heavy atom. The van der Waals surface area contributed by atoms with Crippen LogP contribution in [0.25, 0.3) is 0 Å². The molecule has 2 rings (SSSR count). The molecule has 1 aromatic carbocycles. The molecule has 0 spiro atoms. The maximum atomic E-state index is 12.2. The van der Waals surface area contributed by atoms with Gasteiger partial charge < -0.3 is 22.7 Å². The van der Waals surface area contributed by atoms with Crippen molar-refractivity contribution in [3.05, 3.63) is 54.4 Å². The number of nitrogens with zero attached hydrogens (tertiary/aromatic N) is 1. The van der Waals surface area contributed by atoms with Crippen molar-refractivity contribution in [2.45, 2.75) is 4.90 Å². The molecule has 0 fully saturated rings. The van der Waals surface area contributed by atoms with Gasteiger partial charge in [0.15, 0.2) is 28.0 Å². The SMILES string of the molecule is Br.C[n+]1cccc(S(=O)(=O)CC(=O)c2ccc(N)cc2)c1.[Br-]. The first-order valence-corrected chi connectivity index (χ1v) is 7.60. The van der Waals surface area contributed by atoms with Crippen LogP contribution in [0.2, 0.25) is 0 Å². The Kier molecular flexibility index (Phi) is 7.92. The fourth-order valence-electron chi connectivity index (χ4n) is 1.75. The number of aromatic nitrogens is 1. The lowest BCUT2D eigenvalue weighted by Gasteiger charge is -2.03. The molecule has 0 radical (unpaired) electrons. The molecule has 0 atom stereocenters. The lowest BCUT2D eigenvalue weighted by atomic mass is 10.1. The highest BCUT2D eigenvalue weighted by atomic mass is 79.9. The maximum Gasteiger partial charge on any atom is 0.191 e. The molecule has 0 bridgehead atoms. The van der Waals surface area contributed by atoms with Gasteiger partial charge in [-0.2, -0.15) is 0 Å². The molecule has 0 amide bonds. The number of carbonyl (C=O) groups excluding carboxylic acids is 1. The molecule has 0 saturated heterocycles. The molecular formula is C14H16Br2N2O3S. The van der Waals surface area contributed by atoms with Crippen LogP contribution in [0.5, 0.6) is 0 Å².